The number of hydrogen-bond donors (Lipinski definition) is 2. The monoisotopic (exact) mass is 259 g/mol. The molecule has 1 atom stereocenters. The van der Waals surface area contributed by atoms with E-state index in [4.69, 9.17) is 5.41 Å². The van der Waals surface area contributed by atoms with Crippen molar-refractivity contribution >= 4 is 22.4 Å². The van der Waals surface area contributed by atoms with Crippen molar-refractivity contribution in [3.05, 3.63) is 40.6 Å². The number of nitrogens with one attached hydrogen (secondary N) is 1. The lowest BCUT2D eigenvalue weighted by molar-refractivity contribution is 0.381. The van der Waals surface area contributed by atoms with Gasteiger partial charge in [0.25, 0.3) is 0 Å². The van der Waals surface area contributed by atoms with E-state index in [1.807, 2.05) is 0 Å². The van der Waals surface area contributed by atoms with Crippen LogP contribution in [0.25, 0.3) is 4.91 Å². The molecule has 0 saturated carbocycles. The lowest BCUT2D eigenvalue weighted by Gasteiger charge is -2.08. The molecular weight excluding hydrogens is 242 g/mol. The van der Waals surface area contributed by atoms with E-state index >= 15 is 0 Å². The van der Waals surface area contributed by atoms with Gasteiger partial charge in [-0.3, -0.25) is 0 Å². The van der Waals surface area contributed by atoms with Crippen LogP contribution in [-0.2, 0) is 12.8 Å². The molecule has 0 amide bonds. The van der Waals surface area contributed by atoms with Gasteiger partial charge in [-0.2, -0.15) is 0 Å². The average Bonchev–Trinajstić information content (AvgIpc) is 2.93. The van der Waals surface area contributed by atoms with Gasteiger partial charge in [0.1, 0.15) is 5.76 Å². The molecule has 3 rings (SSSR count). The highest BCUT2D eigenvalue weighted by Crippen LogP contribution is 2.42. The lowest BCUT2D eigenvalue weighted by Crippen LogP contribution is -2.11. The summed E-state index contributed by atoms with van der Waals surface area (Å²) in [7, 11) is 0. The SMILES string of the molecule is CC(=N)C1CSC(c2ccc3c(c2)CCC3)=C1O. The number of rotatable bonds is 2. The van der Waals surface area contributed by atoms with Crippen LogP contribution in [0.5, 0.6) is 0 Å². The van der Waals surface area contributed by atoms with Crippen LogP contribution in [0, 0.1) is 11.3 Å². The summed E-state index contributed by atoms with van der Waals surface area (Å²) >= 11 is 1.67. The minimum absolute atomic E-state index is 0.0849. The zero-order valence-electron chi connectivity index (χ0n) is 10.5. The summed E-state index contributed by atoms with van der Waals surface area (Å²) in [4.78, 5) is 0.973. The van der Waals surface area contributed by atoms with Crippen LogP contribution < -0.4 is 0 Å². The molecule has 18 heavy (non-hydrogen) atoms. The summed E-state index contributed by atoms with van der Waals surface area (Å²) < 4.78 is 0. The number of hydrogen-bond acceptors (Lipinski definition) is 3. The Morgan fingerprint density at radius 3 is 2.83 bits per heavy atom. The average molecular weight is 259 g/mol. The molecule has 0 saturated heterocycles. The van der Waals surface area contributed by atoms with Crippen LogP contribution in [0.3, 0.4) is 0 Å². The molecule has 0 spiro atoms. The Morgan fingerprint density at radius 1 is 1.33 bits per heavy atom. The van der Waals surface area contributed by atoms with Crippen molar-refractivity contribution in [1.29, 1.82) is 5.41 Å². The molecule has 0 bridgehead atoms. The Bertz CT molecular complexity index is 547. The quantitative estimate of drug-likeness (QED) is 0.793. The van der Waals surface area contributed by atoms with Crippen molar-refractivity contribution in [2.45, 2.75) is 26.2 Å². The number of allylic oxidation sites excluding steroid dienone is 1. The van der Waals surface area contributed by atoms with E-state index in [0.29, 0.717) is 11.5 Å². The van der Waals surface area contributed by atoms with Crippen LogP contribution in [-0.4, -0.2) is 16.6 Å². The van der Waals surface area contributed by atoms with Crippen molar-refractivity contribution in [3.8, 4) is 0 Å². The molecule has 3 heteroatoms. The van der Waals surface area contributed by atoms with Crippen molar-refractivity contribution < 1.29 is 5.11 Å². The van der Waals surface area contributed by atoms with Gasteiger partial charge in [0.05, 0.1) is 10.8 Å². The molecule has 0 aromatic heterocycles. The third-order valence-electron chi connectivity index (χ3n) is 3.84. The van der Waals surface area contributed by atoms with Gasteiger partial charge in [0, 0.05) is 11.5 Å². The van der Waals surface area contributed by atoms with E-state index in [2.05, 4.69) is 18.2 Å². The van der Waals surface area contributed by atoms with E-state index in [9.17, 15) is 5.11 Å². The predicted octanol–water partition coefficient (Wildman–Crippen LogP) is 3.80. The van der Waals surface area contributed by atoms with E-state index in [1.54, 1.807) is 18.7 Å². The summed E-state index contributed by atoms with van der Waals surface area (Å²) in [6.45, 7) is 1.77. The minimum atomic E-state index is -0.0849. The molecule has 0 fully saturated rings. The summed E-state index contributed by atoms with van der Waals surface area (Å²) in [5.41, 5.74) is 4.57. The second kappa shape index (κ2) is 4.47. The molecule has 1 heterocycles. The van der Waals surface area contributed by atoms with E-state index in [0.717, 1.165) is 22.6 Å². The Kier molecular flexibility index (Phi) is 2.94. The maximum absolute atomic E-state index is 10.2. The Hall–Kier alpha value is -1.22. The zero-order chi connectivity index (χ0) is 12.7. The second-order valence-electron chi connectivity index (χ2n) is 5.10. The Labute approximate surface area is 112 Å². The molecule has 1 aromatic rings. The molecule has 2 N–H and O–H groups in total. The molecule has 2 aliphatic rings. The van der Waals surface area contributed by atoms with Crippen molar-refractivity contribution in [2.75, 3.05) is 5.75 Å². The predicted molar refractivity (Wildman–Crippen MR) is 77.4 cm³/mol. The zero-order valence-corrected chi connectivity index (χ0v) is 11.3. The first-order valence-corrected chi connectivity index (χ1v) is 7.38. The number of benzene rings is 1. The van der Waals surface area contributed by atoms with Gasteiger partial charge in [-0.15, -0.1) is 11.8 Å². The normalized spacial score (nSPS) is 22.4. The van der Waals surface area contributed by atoms with Gasteiger partial charge in [-0.05, 0) is 42.9 Å². The smallest absolute Gasteiger partial charge is 0.116 e. The number of aryl methyl sites for hydroxylation is 2. The van der Waals surface area contributed by atoms with Crippen LogP contribution in [0.2, 0.25) is 0 Å². The minimum Gasteiger partial charge on any atom is -0.510 e. The topological polar surface area (TPSA) is 44.1 Å². The first-order chi connectivity index (χ1) is 8.66. The van der Waals surface area contributed by atoms with Crippen LogP contribution >= 0.6 is 11.8 Å². The van der Waals surface area contributed by atoms with Crippen molar-refractivity contribution in [3.63, 3.8) is 0 Å². The van der Waals surface area contributed by atoms with E-state index < -0.39 is 0 Å². The van der Waals surface area contributed by atoms with Gasteiger partial charge in [0.15, 0.2) is 0 Å². The van der Waals surface area contributed by atoms with Gasteiger partial charge < -0.3 is 10.5 Å². The molecule has 1 aliphatic heterocycles. The van der Waals surface area contributed by atoms with Crippen LogP contribution in [0.15, 0.2) is 24.0 Å². The van der Waals surface area contributed by atoms with Gasteiger partial charge in [-0.1, -0.05) is 18.2 Å². The molecular formula is C15H17NOS. The first kappa shape index (κ1) is 11.8. The molecule has 1 unspecified atom stereocenters. The fourth-order valence-corrected chi connectivity index (χ4v) is 4.08. The summed E-state index contributed by atoms with van der Waals surface area (Å²) in [6, 6.07) is 6.54. The number of aliphatic hydroxyl groups excluding tert-OH is 1. The second-order valence-corrected chi connectivity index (χ2v) is 6.13. The fraction of sp³-hybridized carbons (Fsp3) is 0.400. The van der Waals surface area contributed by atoms with Crippen LogP contribution in [0.4, 0.5) is 0 Å². The number of thioether (sulfide) groups is 1. The highest BCUT2D eigenvalue weighted by Gasteiger charge is 2.28. The number of aliphatic hydroxyl groups is 1. The van der Waals surface area contributed by atoms with Gasteiger partial charge in [-0.25, -0.2) is 0 Å². The highest BCUT2D eigenvalue weighted by atomic mass is 32.2. The van der Waals surface area contributed by atoms with E-state index in [1.165, 1.54) is 24.0 Å². The Balaban J connectivity index is 1.98. The fourth-order valence-electron chi connectivity index (χ4n) is 2.75. The molecule has 1 aliphatic carbocycles. The molecule has 0 radical (unpaired) electrons. The molecule has 2 nitrogen and oxygen atoms in total. The standard InChI is InChI=1S/C15H17NOS/c1-9(16)13-8-18-15(14(13)17)12-6-5-10-3-2-4-11(10)7-12/h5-7,13,16-17H,2-4,8H2,1H3. The van der Waals surface area contributed by atoms with Crippen molar-refractivity contribution in [1.82, 2.24) is 0 Å². The summed E-state index contributed by atoms with van der Waals surface area (Å²) in [5.74, 6) is 1.11. The van der Waals surface area contributed by atoms with Crippen LogP contribution in [0.1, 0.15) is 30.0 Å². The third-order valence-corrected chi connectivity index (χ3v) is 5.07. The summed E-state index contributed by atoms with van der Waals surface area (Å²) in [5, 5.41) is 17.9. The van der Waals surface area contributed by atoms with Gasteiger partial charge in [0.2, 0.25) is 0 Å². The van der Waals surface area contributed by atoms with Crippen molar-refractivity contribution in [2.24, 2.45) is 5.92 Å². The van der Waals surface area contributed by atoms with Gasteiger partial charge >= 0.3 is 0 Å². The third kappa shape index (κ3) is 1.87. The highest BCUT2D eigenvalue weighted by molar-refractivity contribution is 8.08. The molecule has 1 aromatic carbocycles. The largest absolute Gasteiger partial charge is 0.510 e. The maximum Gasteiger partial charge on any atom is 0.116 e. The first-order valence-electron chi connectivity index (χ1n) is 6.40. The lowest BCUT2D eigenvalue weighted by atomic mass is 10.0. The maximum atomic E-state index is 10.2. The van der Waals surface area contributed by atoms with E-state index in [-0.39, 0.29) is 5.92 Å². The molecule has 94 valence electrons. The Morgan fingerprint density at radius 2 is 2.11 bits per heavy atom. The number of fused-ring (bicyclic) bond motifs is 1. The summed E-state index contributed by atoms with van der Waals surface area (Å²) in [6.07, 6.45) is 3.60.